The van der Waals surface area contributed by atoms with Crippen LogP contribution >= 0.6 is 0 Å². The van der Waals surface area contributed by atoms with E-state index in [1.54, 1.807) is 7.11 Å². The number of methoxy groups -OCH3 is 1. The first-order chi connectivity index (χ1) is 10.7. The molecule has 0 radical (unpaired) electrons. The number of rotatable bonds is 6. The lowest BCUT2D eigenvalue weighted by atomic mass is 10.2. The zero-order valence-electron chi connectivity index (χ0n) is 12.7. The first-order valence-electron chi connectivity index (χ1n) is 7.52. The molecule has 0 N–H and O–H groups in total. The Kier molecular flexibility index (Phi) is 4.18. The number of ether oxygens (including phenoxy) is 2. The summed E-state index contributed by atoms with van der Waals surface area (Å²) in [5, 5.41) is 0. The smallest absolute Gasteiger partial charge is 0.410 e. The highest BCUT2D eigenvalue weighted by atomic mass is 16.6. The maximum Gasteiger partial charge on any atom is 0.410 e. The first-order valence-corrected chi connectivity index (χ1v) is 7.52. The largest absolute Gasteiger partial charge is 0.496 e. The summed E-state index contributed by atoms with van der Waals surface area (Å²) in [7, 11) is 1.63. The van der Waals surface area contributed by atoms with E-state index >= 15 is 0 Å². The molecule has 2 aliphatic rings. The normalized spacial score (nSPS) is 17.3. The Balaban J connectivity index is 1.70. The van der Waals surface area contributed by atoms with Crippen LogP contribution in [0.15, 0.2) is 24.3 Å². The molecule has 6 heteroatoms. The Morgan fingerprint density at radius 3 is 2.82 bits per heavy atom. The van der Waals surface area contributed by atoms with Crippen LogP contribution in [0.1, 0.15) is 18.4 Å². The summed E-state index contributed by atoms with van der Waals surface area (Å²) in [4.78, 5) is 27.4. The van der Waals surface area contributed by atoms with E-state index in [0.717, 1.165) is 24.2 Å². The van der Waals surface area contributed by atoms with Crippen LogP contribution < -0.4 is 4.74 Å². The van der Waals surface area contributed by atoms with Crippen molar-refractivity contribution in [3.05, 3.63) is 29.8 Å². The molecule has 1 heterocycles. The molecule has 22 heavy (non-hydrogen) atoms. The van der Waals surface area contributed by atoms with E-state index < -0.39 is 6.09 Å². The van der Waals surface area contributed by atoms with Crippen LogP contribution in [0.3, 0.4) is 0 Å². The van der Waals surface area contributed by atoms with Crippen molar-refractivity contribution >= 4 is 12.0 Å². The first kappa shape index (κ1) is 14.7. The van der Waals surface area contributed by atoms with Crippen molar-refractivity contribution < 1.29 is 19.1 Å². The molecule has 118 valence electrons. The van der Waals surface area contributed by atoms with Gasteiger partial charge in [-0.25, -0.2) is 4.79 Å². The average Bonchev–Trinajstić information content (AvgIpc) is 3.29. The predicted octanol–water partition coefficient (Wildman–Crippen LogP) is 1.64. The lowest BCUT2D eigenvalue weighted by Crippen LogP contribution is -2.41. The molecule has 2 fully saturated rings. The van der Waals surface area contributed by atoms with E-state index in [1.165, 1.54) is 4.90 Å². The molecule has 1 aliphatic heterocycles. The molecule has 1 aliphatic carbocycles. The van der Waals surface area contributed by atoms with E-state index in [-0.39, 0.29) is 18.5 Å². The molecule has 3 rings (SSSR count). The Morgan fingerprint density at radius 1 is 1.41 bits per heavy atom. The third kappa shape index (κ3) is 3.16. The lowest BCUT2D eigenvalue weighted by molar-refractivity contribution is -0.132. The van der Waals surface area contributed by atoms with Gasteiger partial charge in [-0.15, -0.1) is 0 Å². The van der Waals surface area contributed by atoms with Gasteiger partial charge in [0.15, 0.2) is 0 Å². The number of amides is 2. The van der Waals surface area contributed by atoms with Crippen LogP contribution in [0.2, 0.25) is 0 Å². The molecule has 1 saturated heterocycles. The molecular weight excluding hydrogens is 284 g/mol. The van der Waals surface area contributed by atoms with Crippen LogP contribution in [0.4, 0.5) is 4.79 Å². The van der Waals surface area contributed by atoms with Gasteiger partial charge in [0.25, 0.3) is 0 Å². The third-order valence-electron chi connectivity index (χ3n) is 4.01. The summed E-state index contributed by atoms with van der Waals surface area (Å²) < 4.78 is 10.2. The highest BCUT2D eigenvalue weighted by Crippen LogP contribution is 2.30. The zero-order chi connectivity index (χ0) is 15.5. The Hall–Kier alpha value is -2.24. The van der Waals surface area contributed by atoms with E-state index in [9.17, 15) is 9.59 Å². The standard InChI is InChI=1S/C16H20N2O4/c1-21-14-5-3-2-4-12(14)10-18(13-6-7-13)15(19)11-17-8-9-22-16(17)20/h2-5,13H,6-11H2,1H3. The van der Waals surface area contributed by atoms with Gasteiger partial charge in [0.2, 0.25) is 5.91 Å². The highest BCUT2D eigenvalue weighted by molar-refractivity contribution is 5.83. The number of carbonyl (C=O) groups excluding carboxylic acids is 2. The van der Waals surface area contributed by atoms with Crippen molar-refractivity contribution in [1.29, 1.82) is 0 Å². The van der Waals surface area contributed by atoms with Crippen LogP contribution in [0.25, 0.3) is 0 Å². The Morgan fingerprint density at radius 2 is 2.18 bits per heavy atom. The van der Waals surface area contributed by atoms with Crippen molar-refractivity contribution in [1.82, 2.24) is 9.80 Å². The van der Waals surface area contributed by atoms with E-state index in [1.807, 2.05) is 29.2 Å². The molecule has 0 unspecified atom stereocenters. The van der Waals surface area contributed by atoms with Crippen molar-refractivity contribution in [2.75, 3.05) is 26.8 Å². The second-order valence-corrected chi connectivity index (χ2v) is 5.60. The molecule has 0 bridgehead atoms. The minimum atomic E-state index is -0.401. The molecule has 0 aromatic heterocycles. The second kappa shape index (κ2) is 6.25. The quantitative estimate of drug-likeness (QED) is 0.801. The SMILES string of the molecule is COc1ccccc1CN(C(=O)CN1CCOC1=O)C1CC1. The number of cyclic esters (lactones) is 1. The molecule has 6 nitrogen and oxygen atoms in total. The van der Waals surface area contributed by atoms with Gasteiger partial charge in [-0.1, -0.05) is 18.2 Å². The highest BCUT2D eigenvalue weighted by Gasteiger charge is 2.35. The van der Waals surface area contributed by atoms with Crippen molar-refractivity contribution in [2.45, 2.75) is 25.4 Å². The van der Waals surface area contributed by atoms with Gasteiger partial charge in [0.1, 0.15) is 18.9 Å². The number of hydrogen-bond acceptors (Lipinski definition) is 4. The summed E-state index contributed by atoms with van der Waals surface area (Å²) in [6, 6.07) is 7.97. The third-order valence-corrected chi connectivity index (χ3v) is 4.01. The van der Waals surface area contributed by atoms with Gasteiger partial charge in [-0.2, -0.15) is 0 Å². The maximum atomic E-state index is 12.6. The summed E-state index contributed by atoms with van der Waals surface area (Å²) in [5.74, 6) is 0.744. The van der Waals surface area contributed by atoms with Crippen LogP contribution in [-0.2, 0) is 16.1 Å². The molecule has 0 spiro atoms. The van der Waals surface area contributed by atoms with E-state index in [2.05, 4.69) is 0 Å². The van der Waals surface area contributed by atoms with E-state index in [4.69, 9.17) is 9.47 Å². The molecule has 2 amide bonds. The van der Waals surface area contributed by atoms with Gasteiger partial charge < -0.3 is 14.4 Å². The second-order valence-electron chi connectivity index (χ2n) is 5.60. The molecule has 1 aromatic rings. The molecule has 1 aromatic carbocycles. The number of carbonyl (C=O) groups is 2. The topological polar surface area (TPSA) is 59.1 Å². The van der Waals surface area contributed by atoms with Crippen molar-refractivity contribution in [3.63, 3.8) is 0 Å². The fourth-order valence-corrected chi connectivity index (χ4v) is 2.65. The van der Waals surface area contributed by atoms with Gasteiger partial charge in [0, 0.05) is 18.2 Å². The summed E-state index contributed by atoms with van der Waals surface area (Å²) >= 11 is 0. The fourth-order valence-electron chi connectivity index (χ4n) is 2.65. The minimum Gasteiger partial charge on any atom is -0.496 e. The number of nitrogens with zero attached hydrogens (tertiary/aromatic N) is 2. The minimum absolute atomic E-state index is 0.0349. The number of para-hydroxylation sites is 1. The number of hydrogen-bond donors (Lipinski definition) is 0. The van der Waals surface area contributed by atoms with Crippen LogP contribution in [-0.4, -0.2) is 54.6 Å². The predicted molar refractivity (Wildman–Crippen MR) is 79.5 cm³/mol. The Labute approximate surface area is 129 Å². The van der Waals surface area contributed by atoms with Gasteiger partial charge in [-0.05, 0) is 18.9 Å². The summed E-state index contributed by atoms with van der Waals surface area (Å²) in [6.45, 7) is 1.45. The van der Waals surface area contributed by atoms with Crippen LogP contribution in [0.5, 0.6) is 5.75 Å². The average molecular weight is 304 g/mol. The summed E-state index contributed by atoms with van der Waals surface area (Å²) in [5.41, 5.74) is 0.981. The Bertz CT molecular complexity index is 571. The number of benzene rings is 1. The molecule has 0 atom stereocenters. The molecular formula is C16H20N2O4. The molecule has 1 saturated carbocycles. The van der Waals surface area contributed by atoms with Crippen LogP contribution in [0, 0.1) is 0 Å². The monoisotopic (exact) mass is 304 g/mol. The summed E-state index contributed by atoms with van der Waals surface area (Å²) in [6.07, 6.45) is 1.64. The van der Waals surface area contributed by atoms with Gasteiger partial charge in [-0.3, -0.25) is 9.69 Å². The van der Waals surface area contributed by atoms with Gasteiger partial charge >= 0.3 is 6.09 Å². The van der Waals surface area contributed by atoms with Gasteiger partial charge in [0.05, 0.1) is 13.7 Å². The van der Waals surface area contributed by atoms with Crippen molar-refractivity contribution in [2.24, 2.45) is 0 Å². The lowest BCUT2D eigenvalue weighted by Gasteiger charge is -2.25. The van der Waals surface area contributed by atoms with E-state index in [0.29, 0.717) is 19.7 Å². The fraction of sp³-hybridized carbons (Fsp3) is 0.500. The van der Waals surface area contributed by atoms with Crippen molar-refractivity contribution in [3.8, 4) is 5.75 Å². The zero-order valence-corrected chi connectivity index (χ0v) is 12.7. The maximum absolute atomic E-state index is 12.6.